The molecule has 29 heavy (non-hydrogen) atoms. The molecule has 0 saturated carbocycles. The number of imide groups is 1. The van der Waals surface area contributed by atoms with Gasteiger partial charge in [0.05, 0.1) is 10.0 Å². The number of benzene rings is 2. The van der Waals surface area contributed by atoms with Crippen molar-refractivity contribution in [1.29, 1.82) is 0 Å². The van der Waals surface area contributed by atoms with Crippen molar-refractivity contribution in [2.45, 2.75) is 12.5 Å². The van der Waals surface area contributed by atoms with Crippen LogP contribution in [0.3, 0.4) is 0 Å². The van der Waals surface area contributed by atoms with Gasteiger partial charge in [0.1, 0.15) is 12.1 Å². The summed E-state index contributed by atoms with van der Waals surface area (Å²) in [5.74, 6) is -0.0213. The van der Waals surface area contributed by atoms with E-state index < -0.39 is 29.9 Å². The first-order valence-electron chi connectivity index (χ1n) is 8.57. The van der Waals surface area contributed by atoms with E-state index in [1.165, 1.54) is 6.07 Å². The van der Waals surface area contributed by atoms with Gasteiger partial charge >= 0.3 is 6.03 Å². The predicted molar refractivity (Wildman–Crippen MR) is 105 cm³/mol. The zero-order valence-corrected chi connectivity index (χ0v) is 16.6. The molecule has 1 unspecified atom stereocenters. The number of hydrogen-bond acceptors (Lipinski definition) is 5. The molecule has 0 bridgehead atoms. The minimum Gasteiger partial charge on any atom is -0.454 e. The van der Waals surface area contributed by atoms with Gasteiger partial charge in [0.2, 0.25) is 12.7 Å². The fourth-order valence-corrected chi connectivity index (χ4v) is 3.46. The van der Waals surface area contributed by atoms with E-state index in [4.69, 9.17) is 32.7 Å². The SMILES string of the molecule is CC1(c2ccc(Cl)c(Cl)c2)NC(=O)N(CC(=O)Nc2ccc3c(c2)OCO3)C1=O. The molecule has 4 amide bonds. The van der Waals surface area contributed by atoms with E-state index in [0.29, 0.717) is 27.8 Å². The average Bonchev–Trinajstić information content (AvgIpc) is 3.22. The maximum absolute atomic E-state index is 12.9. The molecule has 2 heterocycles. The molecule has 2 N–H and O–H groups in total. The van der Waals surface area contributed by atoms with Crippen LogP contribution in [0.1, 0.15) is 12.5 Å². The summed E-state index contributed by atoms with van der Waals surface area (Å²) in [5, 5.41) is 5.84. The van der Waals surface area contributed by atoms with Crippen molar-refractivity contribution in [2.24, 2.45) is 0 Å². The van der Waals surface area contributed by atoms with Crippen LogP contribution in [0.2, 0.25) is 10.0 Å². The zero-order chi connectivity index (χ0) is 20.8. The average molecular weight is 436 g/mol. The zero-order valence-electron chi connectivity index (χ0n) is 15.1. The van der Waals surface area contributed by atoms with Gasteiger partial charge < -0.3 is 20.1 Å². The Hall–Kier alpha value is -2.97. The Kier molecular flexibility index (Phi) is 4.76. The van der Waals surface area contributed by atoms with Gasteiger partial charge in [-0.2, -0.15) is 0 Å². The predicted octanol–water partition coefficient (Wildman–Crippen LogP) is 3.13. The monoisotopic (exact) mass is 435 g/mol. The lowest BCUT2D eigenvalue weighted by atomic mass is 9.92. The molecule has 1 fully saturated rings. The van der Waals surface area contributed by atoms with Crippen LogP contribution in [0.5, 0.6) is 11.5 Å². The number of urea groups is 1. The number of nitrogens with zero attached hydrogens (tertiary/aromatic N) is 1. The minimum atomic E-state index is -1.36. The molecule has 0 aliphatic carbocycles. The van der Waals surface area contributed by atoms with Gasteiger partial charge in [-0.15, -0.1) is 0 Å². The van der Waals surface area contributed by atoms with E-state index in [1.54, 1.807) is 37.3 Å². The third-order valence-electron chi connectivity index (χ3n) is 4.73. The van der Waals surface area contributed by atoms with Crippen LogP contribution in [0.25, 0.3) is 0 Å². The molecular weight excluding hydrogens is 421 g/mol. The van der Waals surface area contributed by atoms with Gasteiger partial charge in [-0.1, -0.05) is 29.3 Å². The normalized spacial score (nSPS) is 20.0. The Morgan fingerprint density at radius 2 is 1.90 bits per heavy atom. The molecule has 1 saturated heterocycles. The van der Waals surface area contributed by atoms with Gasteiger partial charge in [-0.3, -0.25) is 14.5 Å². The van der Waals surface area contributed by atoms with Crippen molar-refractivity contribution in [1.82, 2.24) is 10.2 Å². The highest BCUT2D eigenvalue weighted by Crippen LogP contribution is 2.35. The molecular formula is C19H15Cl2N3O5. The Balaban J connectivity index is 1.48. The van der Waals surface area contributed by atoms with Crippen molar-refractivity contribution in [3.63, 3.8) is 0 Å². The van der Waals surface area contributed by atoms with E-state index >= 15 is 0 Å². The highest BCUT2D eigenvalue weighted by molar-refractivity contribution is 6.42. The standard InChI is InChI=1S/C19H15Cl2N3O5/c1-19(10-2-4-12(20)13(21)6-10)17(26)24(18(27)23-19)8-16(25)22-11-3-5-14-15(7-11)29-9-28-14/h2-7H,8-9H2,1H3,(H,22,25)(H,23,27). The van der Waals surface area contributed by atoms with Gasteiger partial charge in [0, 0.05) is 11.8 Å². The summed E-state index contributed by atoms with van der Waals surface area (Å²) in [4.78, 5) is 38.6. The number of anilines is 1. The number of halogens is 2. The van der Waals surface area contributed by atoms with Gasteiger partial charge in [-0.05, 0) is 36.8 Å². The molecule has 1 atom stereocenters. The van der Waals surface area contributed by atoms with Crippen LogP contribution in [0, 0.1) is 0 Å². The summed E-state index contributed by atoms with van der Waals surface area (Å²) >= 11 is 12.0. The van der Waals surface area contributed by atoms with Crippen LogP contribution in [0.4, 0.5) is 10.5 Å². The Morgan fingerprint density at radius 3 is 2.66 bits per heavy atom. The number of hydrogen-bond donors (Lipinski definition) is 2. The first kappa shape index (κ1) is 19.4. The molecule has 2 aliphatic rings. The van der Waals surface area contributed by atoms with Crippen LogP contribution >= 0.6 is 23.2 Å². The fourth-order valence-electron chi connectivity index (χ4n) is 3.16. The van der Waals surface area contributed by atoms with E-state index in [2.05, 4.69) is 10.6 Å². The van der Waals surface area contributed by atoms with E-state index in [1.807, 2.05) is 0 Å². The summed E-state index contributed by atoms with van der Waals surface area (Å²) in [5.41, 5.74) is -0.438. The number of carbonyl (C=O) groups excluding carboxylic acids is 3. The maximum Gasteiger partial charge on any atom is 0.325 e. The summed E-state index contributed by atoms with van der Waals surface area (Å²) in [6, 6.07) is 8.87. The van der Waals surface area contributed by atoms with Crippen LogP contribution < -0.4 is 20.1 Å². The number of nitrogens with one attached hydrogen (secondary N) is 2. The molecule has 2 aromatic carbocycles. The lowest BCUT2D eigenvalue weighted by Crippen LogP contribution is -2.42. The number of ether oxygens (including phenoxy) is 2. The molecule has 8 nitrogen and oxygen atoms in total. The lowest BCUT2D eigenvalue weighted by Gasteiger charge is -2.22. The number of rotatable bonds is 4. The third-order valence-corrected chi connectivity index (χ3v) is 5.47. The van der Waals surface area contributed by atoms with Crippen molar-refractivity contribution in [2.75, 3.05) is 18.7 Å². The van der Waals surface area contributed by atoms with Crippen molar-refractivity contribution in [3.05, 3.63) is 52.0 Å². The van der Waals surface area contributed by atoms with Crippen molar-refractivity contribution >= 4 is 46.7 Å². The molecule has 150 valence electrons. The summed E-state index contributed by atoms with van der Waals surface area (Å²) in [7, 11) is 0. The third kappa shape index (κ3) is 3.45. The molecule has 0 aromatic heterocycles. The molecule has 0 radical (unpaired) electrons. The van der Waals surface area contributed by atoms with Crippen LogP contribution in [-0.4, -0.2) is 36.1 Å². The van der Waals surface area contributed by atoms with Crippen LogP contribution in [-0.2, 0) is 15.1 Å². The quantitative estimate of drug-likeness (QED) is 0.718. The Bertz CT molecular complexity index is 1040. The number of carbonyl (C=O) groups is 3. The Labute approximate surface area is 175 Å². The summed E-state index contributed by atoms with van der Waals surface area (Å²) in [6.45, 7) is 1.21. The largest absolute Gasteiger partial charge is 0.454 e. The lowest BCUT2D eigenvalue weighted by molar-refractivity contribution is -0.133. The molecule has 2 aromatic rings. The summed E-state index contributed by atoms with van der Waals surface area (Å²) < 4.78 is 10.5. The van der Waals surface area contributed by atoms with Crippen molar-refractivity contribution in [3.8, 4) is 11.5 Å². The number of amides is 4. The second-order valence-corrected chi connectivity index (χ2v) is 7.51. The fraction of sp³-hybridized carbons (Fsp3) is 0.211. The topological polar surface area (TPSA) is 97.0 Å². The first-order chi connectivity index (χ1) is 13.8. The molecule has 4 rings (SSSR count). The van der Waals surface area contributed by atoms with E-state index in [0.717, 1.165) is 4.90 Å². The second kappa shape index (κ2) is 7.13. The second-order valence-electron chi connectivity index (χ2n) is 6.69. The molecule has 0 spiro atoms. The van der Waals surface area contributed by atoms with Gasteiger partial charge in [0.25, 0.3) is 5.91 Å². The number of fused-ring (bicyclic) bond motifs is 1. The van der Waals surface area contributed by atoms with Gasteiger partial charge in [0.15, 0.2) is 11.5 Å². The molecule has 10 heteroatoms. The minimum absolute atomic E-state index is 0.114. The van der Waals surface area contributed by atoms with Crippen molar-refractivity contribution < 1.29 is 23.9 Å². The van der Waals surface area contributed by atoms with Crippen LogP contribution in [0.15, 0.2) is 36.4 Å². The first-order valence-corrected chi connectivity index (χ1v) is 9.32. The highest BCUT2D eigenvalue weighted by Gasteiger charge is 2.49. The Morgan fingerprint density at radius 1 is 1.14 bits per heavy atom. The van der Waals surface area contributed by atoms with E-state index in [9.17, 15) is 14.4 Å². The maximum atomic E-state index is 12.9. The van der Waals surface area contributed by atoms with E-state index in [-0.39, 0.29) is 11.8 Å². The summed E-state index contributed by atoms with van der Waals surface area (Å²) in [6.07, 6.45) is 0. The highest BCUT2D eigenvalue weighted by atomic mass is 35.5. The van der Waals surface area contributed by atoms with Gasteiger partial charge in [-0.25, -0.2) is 4.79 Å². The smallest absolute Gasteiger partial charge is 0.325 e. The molecule has 2 aliphatic heterocycles.